The van der Waals surface area contributed by atoms with Gasteiger partial charge in [-0.2, -0.15) is 0 Å². The van der Waals surface area contributed by atoms with E-state index in [0.717, 1.165) is 27.1 Å². The first-order valence-corrected chi connectivity index (χ1v) is 6.40. The van der Waals surface area contributed by atoms with Crippen LogP contribution in [0.4, 0.5) is 0 Å². The zero-order chi connectivity index (χ0) is 12.7. The average Bonchev–Trinajstić information content (AvgIpc) is 2.93. The Bertz CT molecular complexity index is 701. The van der Waals surface area contributed by atoms with Gasteiger partial charge >= 0.3 is 0 Å². The average molecular weight is 307 g/mol. The molecule has 92 valence electrons. The van der Waals surface area contributed by atoms with Crippen molar-refractivity contribution in [3.8, 4) is 11.4 Å². The Labute approximate surface area is 112 Å². The molecule has 0 saturated heterocycles. The van der Waals surface area contributed by atoms with Crippen molar-refractivity contribution < 1.29 is 4.52 Å². The van der Waals surface area contributed by atoms with Crippen molar-refractivity contribution in [3.63, 3.8) is 0 Å². The van der Waals surface area contributed by atoms with E-state index in [1.54, 1.807) is 12.5 Å². The van der Waals surface area contributed by atoms with Gasteiger partial charge in [0.2, 0.25) is 0 Å². The molecular weight excluding hydrogens is 296 g/mol. The third-order valence-electron chi connectivity index (χ3n) is 2.70. The molecule has 0 radical (unpaired) electrons. The van der Waals surface area contributed by atoms with E-state index in [0.29, 0.717) is 5.65 Å². The molecular formula is C12H11BrN4O. The molecule has 0 bridgehead atoms. The second-order valence-electron chi connectivity index (χ2n) is 4.38. The summed E-state index contributed by atoms with van der Waals surface area (Å²) >= 11 is 3.39. The van der Waals surface area contributed by atoms with Crippen LogP contribution >= 0.6 is 15.9 Å². The highest BCUT2D eigenvalue weighted by Gasteiger charge is 2.16. The third kappa shape index (κ3) is 1.82. The van der Waals surface area contributed by atoms with Crippen molar-refractivity contribution in [3.05, 3.63) is 28.7 Å². The normalized spacial score (nSPS) is 11.6. The Morgan fingerprint density at radius 2 is 2.22 bits per heavy atom. The van der Waals surface area contributed by atoms with Gasteiger partial charge in [-0.05, 0) is 27.9 Å². The summed E-state index contributed by atoms with van der Waals surface area (Å²) in [5.41, 5.74) is 3.35. The number of nitrogens with zero attached hydrogens (tertiary/aromatic N) is 3. The van der Waals surface area contributed by atoms with Crippen molar-refractivity contribution in [1.82, 2.24) is 20.1 Å². The lowest BCUT2D eigenvalue weighted by atomic mass is 10.1. The van der Waals surface area contributed by atoms with Crippen LogP contribution in [0.2, 0.25) is 0 Å². The molecule has 0 aliphatic heterocycles. The summed E-state index contributed by atoms with van der Waals surface area (Å²) in [7, 11) is 0. The molecule has 0 aliphatic carbocycles. The SMILES string of the molecule is CC(C)c1nocc1-c1nc2ncc(Br)cc2[nH]1. The Morgan fingerprint density at radius 1 is 1.39 bits per heavy atom. The van der Waals surface area contributed by atoms with Gasteiger partial charge in [-0.3, -0.25) is 0 Å². The quantitative estimate of drug-likeness (QED) is 0.787. The molecule has 0 atom stereocenters. The molecule has 3 aromatic heterocycles. The van der Waals surface area contributed by atoms with Gasteiger partial charge in [-0.1, -0.05) is 19.0 Å². The number of imidazole rings is 1. The van der Waals surface area contributed by atoms with Gasteiger partial charge in [0.05, 0.1) is 16.8 Å². The molecule has 3 heterocycles. The number of fused-ring (bicyclic) bond motifs is 1. The zero-order valence-corrected chi connectivity index (χ0v) is 11.5. The Morgan fingerprint density at radius 3 is 3.00 bits per heavy atom. The van der Waals surface area contributed by atoms with Crippen molar-refractivity contribution in [1.29, 1.82) is 0 Å². The molecule has 3 aromatic rings. The first kappa shape index (κ1) is 11.4. The minimum absolute atomic E-state index is 0.284. The second kappa shape index (κ2) is 4.20. The first-order valence-electron chi connectivity index (χ1n) is 5.61. The predicted molar refractivity (Wildman–Crippen MR) is 71.2 cm³/mol. The molecule has 6 heteroatoms. The van der Waals surface area contributed by atoms with Crippen LogP contribution in [-0.4, -0.2) is 20.1 Å². The molecule has 5 nitrogen and oxygen atoms in total. The maximum absolute atomic E-state index is 5.04. The Balaban J connectivity index is 2.16. The fraction of sp³-hybridized carbons (Fsp3) is 0.250. The van der Waals surface area contributed by atoms with E-state index >= 15 is 0 Å². The van der Waals surface area contributed by atoms with Crippen LogP contribution in [0, 0.1) is 0 Å². The van der Waals surface area contributed by atoms with E-state index in [1.807, 2.05) is 6.07 Å². The molecule has 0 aliphatic rings. The highest BCUT2D eigenvalue weighted by Crippen LogP contribution is 2.27. The number of hydrogen-bond donors (Lipinski definition) is 1. The van der Waals surface area contributed by atoms with Crippen LogP contribution < -0.4 is 0 Å². The minimum atomic E-state index is 0.284. The van der Waals surface area contributed by atoms with Crippen molar-refractivity contribution >= 4 is 27.1 Å². The smallest absolute Gasteiger partial charge is 0.178 e. The van der Waals surface area contributed by atoms with Crippen LogP contribution in [-0.2, 0) is 0 Å². The number of pyridine rings is 1. The summed E-state index contributed by atoms with van der Waals surface area (Å²) in [5, 5.41) is 4.02. The summed E-state index contributed by atoms with van der Waals surface area (Å²) < 4.78 is 5.96. The van der Waals surface area contributed by atoms with Crippen LogP contribution in [0.25, 0.3) is 22.6 Å². The summed E-state index contributed by atoms with van der Waals surface area (Å²) in [6.07, 6.45) is 3.34. The maximum Gasteiger partial charge on any atom is 0.178 e. The van der Waals surface area contributed by atoms with Crippen LogP contribution in [0.15, 0.2) is 27.5 Å². The summed E-state index contributed by atoms with van der Waals surface area (Å²) in [6, 6.07) is 1.95. The molecule has 0 aromatic carbocycles. The Hall–Kier alpha value is -1.69. The lowest BCUT2D eigenvalue weighted by molar-refractivity contribution is 0.408. The van der Waals surface area contributed by atoms with Crippen LogP contribution in [0.3, 0.4) is 0 Å². The van der Waals surface area contributed by atoms with E-state index in [9.17, 15) is 0 Å². The molecule has 1 N–H and O–H groups in total. The molecule has 18 heavy (non-hydrogen) atoms. The Kier molecular flexibility index (Phi) is 2.66. The van der Waals surface area contributed by atoms with E-state index in [2.05, 4.69) is 49.9 Å². The molecule has 0 unspecified atom stereocenters. The first-order chi connectivity index (χ1) is 8.65. The monoisotopic (exact) mass is 306 g/mol. The van der Waals surface area contributed by atoms with Crippen molar-refractivity contribution in [2.24, 2.45) is 0 Å². The predicted octanol–water partition coefficient (Wildman–Crippen LogP) is 3.50. The minimum Gasteiger partial charge on any atom is -0.364 e. The highest BCUT2D eigenvalue weighted by molar-refractivity contribution is 9.10. The number of H-pyrrole nitrogens is 1. The fourth-order valence-electron chi connectivity index (χ4n) is 1.84. The number of aromatic amines is 1. The zero-order valence-electron chi connectivity index (χ0n) is 9.94. The number of aromatic nitrogens is 4. The van der Waals surface area contributed by atoms with Crippen LogP contribution in [0.1, 0.15) is 25.5 Å². The lowest BCUT2D eigenvalue weighted by Gasteiger charge is -2.00. The molecule has 3 rings (SSSR count). The van der Waals surface area contributed by atoms with Crippen molar-refractivity contribution in [2.45, 2.75) is 19.8 Å². The summed E-state index contributed by atoms with van der Waals surface area (Å²) in [4.78, 5) is 11.9. The number of rotatable bonds is 2. The number of hydrogen-bond acceptors (Lipinski definition) is 4. The highest BCUT2D eigenvalue weighted by atomic mass is 79.9. The van der Waals surface area contributed by atoms with Gasteiger partial charge in [-0.25, -0.2) is 9.97 Å². The summed E-state index contributed by atoms with van der Waals surface area (Å²) in [6.45, 7) is 4.14. The maximum atomic E-state index is 5.04. The standard InChI is InChI=1S/C12H11BrN4O/c1-6(2)10-8(5-18-17-10)11-15-9-3-7(13)4-14-12(9)16-11/h3-6H,1-2H3,(H,14,15,16). The van der Waals surface area contributed by atoms with Gasteiger partial charge in [0, 0.05) is 10.7 Å². The lowest BCUT2D eigenvalue weighted by Crippen LogP contribution is -1.91. The third-order valence-corrected chi connectivity index (χ3v) is 3.14. The summed E-state index contributed by atoms with van der Waals surface area (Å²) in [5.74, 6) is 1.02. The largest absolute Gasteiger partial charge is 0.364 e. The molecule has 0 spiro atoms. The molecule has 0 amide bonds. The molecule has 0 fully saturated rings. The van der Waals surface area contributed by atoms with Gasteiger partial charge in [0.15, 0.2) is 5.65 Å². The second-order valence-corrected chi connectivity index (χ2v) is 5.29. The van der Waals surface area contributed by atoms with Gasteiger partial charge in [0.25, 0.3) is 0 Å². The molecule has 0 saturated carbocycles. The van der Waals surface area contributed by atoms with Gasteiger partial charge in [0.1, 0.15) is 12.1 Å². The number of halogens is 1. The van der Waals surface area contributed by atoms with E-state index in [-0.39, 0.29) is 5.92 Å². The van der Waals surface area contributed by atoms with E-state index < -0.39 is 0 Å². The van der Waals surface area contributed by atoms with Crippen LogP contribution in [0.5, 0.6) is 0 Å². The topological polar surface area (TPSA) is 67.6 Å². The van der Waals surface area contributed by atoms with Gasteiger partial charge < -0.3 is 9.51 Å². The van der Waals surface area contributed by atoms with Gasteiger partial charge in [-0.15, -0.1) is 0 Å². The fourth-order valence-corrected chi connectivity index (χ4v) is 2.17. The van der Waals surface area contributed by atoms with Crippen molar-refractivity contribution in [2.75, 3.05) is 0 Å². The number of nitrogens with one attached hydrogen (secondary N) is 1. The van der Waals surface area contributed by atoms with E-state index in [1.165, 1.54) is 0 Å². The van der Waals surface area contributed by atoms with E-state index in [4.69, 9.17) is 4.52 Å².